The molecule has 0 bridgehead atoms. The Hall–Kier alpha value is -3.89. The van der Waals surface area contributed by atoms with Crippen molar-refractivity contribution in [3.63, 3.8) is 0 Å². The van der Waals surface area contributed by atoms with Crippen LogP contribution >= 0.6 is 58.0 Å². The highest BCUT2D eigenvalue weighted by atomic mass is 35.5. The van der Waals surface area contributed by atoms with Crippen LogP contribution in [0.25, 0.3) is 5.69 Å². The summed E-state index contributed by atoms with van der Waals surface area (Å²) in [5.74, 6) is 2.51. The number of terminal acetylenes is 1. The third kappa shape index (κ3) is 12.1. The molecule has 1 atom stereocenters. The summed E-state index contributed by atoms with van der Waals surface area (Å²) in [6.07, 6.45) is 6.02. The van der Waals surface area contributed by atoms with Crippen LogP contribution in [0.15, 0.2) is 63.8 Å². The van der Waals surface area contributed by atoms with Crippen LogP contribution in [0.5, 0.6) is 11.5 Å². The molecule has 1 unspecified atom stereocenters. The number of halogens is 5. The number of rotatable bonds is 10. The monoisotopic (exact) mass is 868 g/mol. The minimum atomic E-state index is -1.05. The first kappa shape index (κ1) is 46.5. The number of alkyl halides is 3. The van der Waals surface area contributed by atoms with Crippen LogP contribution in [0.3, 0.4) is 0 Å². The Labute approximate surface area is 352 Å². The highest BCUT2D eigenvalue weighted by Crippen LogP contribution is 2.35. The number of aromatic nitrogens is 2. The zero-order chi connectivity index (χ0) is 41.7. The van der Waals surface area contributed by atoms with Gasteiger partial charge in [0, 0.05) is 18.1 Å². The highest BCUT2D eigenvalue weighted by Gasteiger charge is 2.32. The summed E-state index contributed by atoms with van der Waals surface area (Å²) in [4.78, 5) is 38.0. The van der Waals surface area contributed by atoms with E-state index >= 15 is 0 Å². The lowest BCUT2D eigenvalue weighted by Crippen LogP contribution is -2.47. The molecule has 0 radical (unpaired) electrons. The fraction of sp³-hybridized carbons (Fsp3) is 0.400. The molecule has 3 aromatic carbocycles. The number of para-hydroxylation sites is 3. The van der Waals surface area contributed by atoms with Crippen molar-refractivity contribution in [2.75, 3.05) is 42.2 Å². The van der Waals surface area contributed by atoms with Gasteiger partial charge in [0.05, 0.1) is 33.1 Å². The predicted molar refractivity (Wildman–Crippen MR) is 225 cm³/mol. The lowest BCUT2D eigenvalue weighted by Gasteiger charge is -2.35. The zero-order valence-corrected chi connectivity index (χ0v) is 36.0. The molecule has 302 valence electrons. The maximum atomic E-state index is 12.0. The van der Waals surface area contributed by atoms with Crippen LogP contribution in [0.2, 0.25) is 10.0 Å². The molecule has 5 rings (SSSR count). The standard InChI is InChI=1S/C15H14Cl2N2O3.C14H20ClNO2.C11H11Cl2NO2/c1-5-6-21-12-8-11(9(16)7-10(12)17)19-14(20)22-13(18-19)15(2,3)4;1-4-12-8-6-7-11(3)14(12)16(10-18-5-2)13(17)9-15;1-7-6-16-9-5-3-2-4-8(9)14(7)11(15)10(12)13/h1,7-8H,6H2,2-4H3;6-8H,4-5,9-10H2,1-3H3;2-5,7,10H,6H2,1H3. The molecule has 1 aromatic heterocycles. The van der Waals surface area contributed by atoms with Gasteiger partial charge in [0.25, 0.3) is 5.91 Å². The second kappa shape index (κ2) is 21.6. The van der Waals surface area contributed by atoms with Gasteiger partial charge in [0.15, 0.2) is 4.84 Å². The van der Waals surface area contributed by atoms with Crippen LogP contribution in [0.1, 0.15) is 58.6 Å². The molecule has 4 aromatic rings. The van der Waals surface area contributed by atoms with Gasteiger partial charge in [0.2, 0.25) is 11.8 Å². The van der Waals surface area contributed by atoms with E-state index in [0.29, 0.717) is 36.3 Å². The Morgan fingerprint density at radius 2 is 1.77 bits per heavy atom. The van der Waals surface area contributed by atoms with E-state index in [-0.39, 0.29) is 47.1 Å². The third-order valence-electron chi connectivity index (χ3n) is 8.01. The molecule has 0 aliphatic carbocycles. The SMILES string of the molecule is C#CCOc1cc(-n2nc(C(C)(C)C)oc2=O)c(Cl)cc1Cl.CC1COc2ccccc2N1C(=O)C(Cl)Cl.CCOCN(C(=O)CCl)c1c(C)cccc1CC. The van der Waals surface area contributed by atoms with Gasteiger partial charge in [-0.05, 0) is 56.5 Å². The molecule has 0 N–H and O–H groups in total. The average Bonchev–Trinajstić information content (AvgIpc) is 3.57. The summed E-state index contributed by atoms with van der Waals surface area (Å²) < 4.78 is 22.4. The topological polar surface area (TPSA) is 116 Å². The number of aryl methyl sites for hydroxylation is 2. The van der Waals surface area contributed by atoms with Gasteiger partial charge in [-0.1, -0.05) is 110 Å². The number of benzene rings is 3. The number of anilines is 2. The van der Waals surface area contributed by atoms with E-state index in [4.69, 9.17) is 83.1 Å². The number of carbonyl (C=O) groups excluding carboxylic acids is 2. The molecule has 2 heterocycles. The van der Waals surface area contributed by atoms with Gasteiger partial charge < -0.3 is 23.5 Å². The molecular formula is C40H45Cl5N4O7. The largest absolute Gasteiger partial charge is 0.489 e. The van der Waals surface area contributed by atoms with Gasteiger partial charge in [-0.25, -0.2) is 4.79 Å². The van der Waals surface area contributed by atoms with Crippen molar-refractivity contribution in [2.45, 2.75) is 71.2 Å². The number of hydrogen-bond acceptors (Lipinski definition) is 8. The molecule has 0 saturated heterocycles. The van der Waals surface area contributed by atoms with Crippen molar-refractivity contribution >= 4 is 81.2 Å². The van der Waals surface area contributed by atoms with E-state index in [9.17, 15) is 14.4 Å². The van der Waals surface area contributed by atoms with E-state index in [1.807, 2.05) is 84.0 Å². The predicted octanol–water partition coefficient (Wildman–Crippen LogP) is 9.17. The first-order valence-electron chi connectivity index (χ1n) is 17.5. The normalized spacial score (nSPS) is 13.3. The van der Waals surface area contributed by atoms with E-state index in [1.165, 1.54) is 12.1 Å². The minimum absolute atomic E-state index is 0.0371. The summed E-state index contributed by atoms with van der Waals surface area (Å²) in [6, 6.07) is 16.3. The molecule has 0 saturated carbocycles. The first-order valence-corrected chi connectivity index (χ1v) is 19.7. The summed E-state index contributed by atoms with van der Waals surface area (Å²) in [6.45, 7) is 14.8. The Morgan fingerprint density at radius 3 is 2.36 bits per heavy atom. The molecule has 2 amide bonds. The first-order chi connectivity index (χ1) is 26.5. The van der Waals surface area contributed by atoms with Gasteiger partial charge >= 0.3 is 5.76 Å². The summed E-state index contributed by atoms with van der Waals surface area (Å²) in [7, 11) is 0. The fourth-order valence-electron chi connectivity index (χ4n) is 5.29. The molecule has 0 fully saturated rings. The third-order valence-corrected chi connectivity index (χ3v) is 9.21. The van der Waals surface area contributed by atoms with Crippen molar-refractivity contribution in [2.24, 2.45) is 0 Å². The van der Waals surface area contributed by atoms with E-state index in [0.717, 1.165) is 33.6 Å². The second-order valence-corrected chi connectivity index (χ2v) is 15.4. The van der Waals surface area contributed by atoms with Crippen LogP contribution in [-0.4, -0.2) is 64.9 Å². The Balaban J connectivity index is 0.000000228. The number of hydrogen-bond donors (Lipinski definition) is 0. The number of nitrogens with zero attached hydrogens (tertiary/aromatic N) is 4. The number of fused-ring (bicyclic) bond motifs is 1. The quantitative estimate of drug-likeness (QED) is 0.0881. The maximum absolute atomic E-state index is 12.0. The van der Waals surface area contributed by atoms with Gasteiger partial charge in [0.1, 0.15) is 37.3 Å². The Kier molecular flexibility index (Phi) is 17.9. The van der Waals surface area contributed by atoms with E-state index < -0.39 is 16.0 Å². The highest BCUT2D eigenvalue weighted by molar-refractivity contribution is 6.54. The Bertz CT molecular complexity index is 2060. The van der Waals surface area contributed by atoms with Crippen LogP contribution < -0.4 is 25.0 Å². The molecule has 1 aliphatic rings. The summed E-state index contributed by atoms with van der Waals surface area (Å²) in [5.41, 5.74) is 3.74. The molecule has 0 spiro atoms. The lowest BCUT2D eigenvalue weighted by atomic mass is 9.97. The molecule has 16 heteroatoms. The van der Waals surface area contributed by atoms with Crippen LogP contribution in [0.4, 0.5) is 11.4 Å². The van der Waals surface area contributed by atoms with Crippen molar-refractivity contribution in [1.82, 2.24) is 9.78 Å². The van der Waals surface area contributed by atoms with Crippen molar-refractivity contribution in [3.05, 3.63) is 92.2 Å². The maximum Gasteiger partial charge on any atom is 0.442 e. The number of amides is 2. The molecular weight excluding hydrogens is 826 g/mol. The smallest absolute Gasteiger partial charge is 0.442 e. The van der Waals surface area contributed by atoms with Crippen molar-refractivity contribution in [3.8, 4) is 29.5 Å². The minimum Gasteiger partial charge on any atom is -0.489 e. The average molecular weight is 871 g/mol. The molecule has 56 heavy (non-hydrogen) atoms. The molecule has 11 nitrogen and oxygen atoms in total. The van der Waals surface area contributed by atoms with Crippen molar-refractivity contribution < 1.29 is 28.2 Å². The lowest BCUT2D eigenvalue weighted by molar-refractivity contribution is -0.118. The van der Waals surface area contributed by atoms with Crippen molar-refractivity contribution in [1.29, 1.82) is 0 Å². The second-order valence-electron chi connectivity index (χ2n) is 13.2. The van der Waals surface area contributed by atoms with Gasteiger partial charge in [-0.3, -0.25) is 14.5 Å². The molecule has 1 aliphatic heterocycles. The fourth-order valence-corrected chi connectivity index (χ4v) is 6.17. The van der Waals surface area contributed by atoms with Crippen LogP contribution in [0, 0.1) is 19.3 Å². The van der Waals surface area contributed by atoms with Gasteiger partial charge in [-0.2, -0.15) is 4.68 Å². The van der Waals surface area contributed by atoms with Gasteiger partial charge in [-0.15, -0.1) is 23.1 Å². The number of carbonyl (C=O) groups is 2. The van der Waals surface area contributed by atoms with E-state index in [2.05, 4.69) is 17.9 Å². The zero-order valence-electron chi connectivity index (χ0n) is 32.2. The Morgan fingerprint density at radius 1 is 1.07 bits per heavy atom. The summed E-state index contributed by atoms with van der Waals surface area (Å²) >= 11 is 29.1. The van der Waals surface area contributed by atoms with Crippen LogP contribution in [-0.2, 0) is 26.2 Å². The van der Waals surface area contributed by atoms with E-state index in [1.54, 1.807) is 9.80 Å². The number of ether oxygens (including phenoxy) is 3. The summed E-state index contributed by atoms with van der Waals surface area (Å²) in [5, 5.41) is 4.71.